The van der Waals surface area contributed by atoms with Gasteiger partial charge in [0.2, 0.25) is 5.91 Å². The molecule has 30 heavy (non-hydrogen) atoms. The van der Waals surface area contributed by atoms with E-state index in [1.807, 2.05) is 43.8 Å². The molecule has 1 aromatic heterocycles. The van der Waals surface area contributed by atoms with Crippen LogP contribution in [0, 0.1) is 11.7 Å². The molecule has 2 aromatic rings. The Morgan fingerprint density at radius 1 is 1.13 bits per heavy atom. The van der Waals surface area contributed by atoms with Crippen LogP contribution in [-0.2, 0) is 18.4 Å². The number of urea groups is 1. The second-order valence-electron chi connectivity index (χ2n) is 8.07. The first-order chi connectivity index (χ1) is 14.2. The van der Waals surface area contributed by atoms with Gasteiger partial charge in [-0.3, -0.25) is 4.79 Å². The van der Waals surface area contributed by atoms with Crippen LogP contribution in [0.1, 0.15) is 39.8 Å². The van der Waals surface area contributed by atoms with Crippen molar-refractivity contribution in [1.29, 1.82) is 0 Å². The molecule has 0 aliphatic carbocycles. The standard InChI is InChI=1S/C23H33FN4O2/c1-6-18(4)28(23(30)25-21-12-8-7-11-20(21)24)16-22(29)27(14-17(2)3)15-19-10-9-13-26(19)5/h7-13,17-18H,6,14-16H2,1-5H3,(H,25,30)/t18-/m0/s1. The molecule has 3 amide bonds. The second kappa shape index (κ2) is 10.8. The number of halogens is 1. The van der Waals surface area contributed by atoms with Crippen LogP contribution in [0.4, 0.5) is 14.9 Å². The SMILES string of the molecule is CC[C@H](C)N(CC(=O)N(Cc1cccn1C)CC(C)C)C(=O)Nc1ccccc1F. The lowest BCUT2D eigenvalue weighted by Crippen LogP contribution is -2.48. The number of para-hydroxylation sites is 1. The van der Waals surface area contributed by atoms with Gasteiger partial charge >= 0.3 is 6.03 Å². The zero-order valence-electron chi connectivity index (χ0n) is 18.6. The molecule has 0 aliphatic heterocycles. The van der Waals surface area contributed by atoms with E-state index >= 15 is 0 Å². The monoisotopic (exact) mass is 416 g/mol. The predicted molar refractivity (Wildman–Crippen MR) is 118 cm³/mol. The Kier molecular flexibility index (Phi) is 8.45. The summed E-state index contributed by atoms with van der Waals surface area (Å²) in [6, 6.07) is 9.29. The number of nitrogens with one attached hydrogen (secondary N) is 1. The zero-order valence-corrected chi connectivity index (χ0v) is 18.6. The van der Waals surface area contributed by atoms with Crippen molar-refractivity contribution in [3.63, 3.8) is 0 Å². The van der Waals surface area contributed by atoms with E-state index in [0.717, 1.165) is 5.69 Å². The molecule has 7 heteroatoms. The summed E-state index contributed by atoms with van der Waals surface area (Å²) in [5.74, 6) is -0.348. The van der Waals surface area contributed by atoms with Gasteiger partial charge in [-0.2, -0.15) is 0 Å². The molecule has 0 unspecified atom stereocenters. The van der Waals surface area contributed by atoms with E-state index in [1.165, 1.54) is 17.0 Å². The molecular formula is C23H33FN4O2. The van der Waals surface area contributed by atoms with Gasteiger partial charge in [0.1, 0.15) is 12.4 Å². The zero-order chi connectivity index (χ0) is 22.3. The number of amides is 3. The minimum Gasteiger partial charge on any atom is -0.353 e. The van der Waals surface area contributed by atoms with Crippen LogP contribution in [0.15, 0.2) is 42.6 Å². The number of hydrogen-bond acceptors (Lipinski definition) is 2. The van der Waals surface area contributed by atoms with Crippen LogP contribution in [0.5, 0.6) is 0 Å². The van der Waals surface area contributed by atoms with Gasteiger partial charge in [0.25, 0.3) is 0 Å². The summed E-state index contributed by atoms with van der Waals surface area (Å²) >= 11 is 0. The van der Waals surface area contributed by atoms with Gasteiger partial charge in [0.05, 0.1) is 12.2 Å². The van der Waals surface area contributed by atoms with Crippen molar-refractivity contribution in [2.75, 3.05) is 18.4 Å². The van der Waals surface area contributed by atoms with Crippen molar-refractivity contribution in [1.82, 2.24) is 14.4 Å². The smallest absolute Gasteiger partial charge is 0.322 e. The first-order valence-electron chi connectivity index (χ1n) is 10.4. The topological polar surface area (TPSA) is 57.6 Å². The van der Waals surface area contributed by atoms with E-state index in [2.05, 4.69) is 19.2 Å². The molecule has 164 valence electrons. The molecule has 0 saturated carbocycles. The Morgan fingerprint density at radius 2 is 1.83 bits per heavy atom. The van der Waals surface area contributed by atoms with E-state index < -0.39 is 11.8 Å². The lowest BCUT2D eigenvalue weighted by Gasteiger charge is -2.32. The molecule has 0 radical (unpaired) electrons. The highest BCUT2D eigenvalue weighted by molar-refractivity contribution is 5.92. The lowest BCUT2D eigenvalue weighted by atomic mass is 10.2. The summed E-state index contributed by atoms with van der Waals surface area (Å²) in [6.45, 7) is 8.96. The minimum absolute atomic E-state index is 0.0631. The number of aryl methyl sites for hydroxylation is 1. The van der Waals surface area contributed by atoms with Gasteiger partial charge in [-0.1, -0.05) is 32.9 Å². The summed E-state index contributed by atoms with van der Waals surface area (Å²) < 4.78 is 16.0. The van der Waals surface area contributed by atoms with Crippen LogP contribution in [0.25, 0.3) is 0 Å². The van der Waals surface area contributed by atoms with Crippen molar-refractivity contribution in [2.24, 2.45) is 13.0 Å². The maximum Gasteiger partial charge on any atom is 0.322 e. The number of rotatable bonds is 9. The number of carbonyl (C=O) groups excluding carboxylic acids is 2. The van der Waals surface area contributed by atoms with Crippen molar-refractivity contribution in [2.45, 2.75) is 46.7 Å². The van der Waals surface area contributed by atoms with Gasteiger partial charge in [-0.15, -0.1) is 0 Å². The molecule has 1 atom stereocenters. The molecule has 1 heterocycles. The number of anilines is 1. The van der Waals surface area contributed by atoms with E-state index in [4.69, 9.17) is 0 Å². The number of hydrogen-bond donors (Lipinski definition) is 1. The molecule has 0 bridgehead atoms. The van der Waals surface area contributed by atoms with Crippen molar-refractivity contribution < 1.29 is 14.0 Å². The van der Waals surface area contributed by atoms with Gasteiger partial charge in [0.15, 0.2) is 0 Å². The maximum absolute atomic E-state index is 14.0. The second-order valence-corrected chi connectivity index (χ2v) is 8.07. The van der Waals surface area contributed by atoms with Crippen LogP contribution in [0.3, 0.4) is 0 Å². The molecular weight excluding hydrogens is 383 g/mol. The van der Waals surface area contributed by atoms with Gasteiger partial charge < -0.3 is 19.7 Å². The van der Waals surface area contributed by atoms with Gasteiger partial charge in [-0.05, 0) is 43.5 Å². The van der Waals surface area contributed by atoms with E-state index in [1.54, 1.807) is 17.0 Å². The van der Waals surface area contributed by atoms with Crippen molar-refractivity contribution in [3.8, 4) is 0 Å². The largest absolute Gasteiger partial charge is 0.353 e. The Labute approximate surface area is 178 Å². The van der Waals surface area contributed by atoms with Crippen LogP contribution in [0.2, 0.25) is 0 Å². The van der Waals surface area contributed by atoms with Crippen LogP contribution >= 0.6 is 0 Å². The number of nitrogens with zero attached hydrogens (tertiary/aromatic N) is 3. The fraction of sp³-hybridized carbons (Fsp3) is 0.478. The summed E-state index contributed by atoms with van der Waals surface area (Å²) in [4.78, 5) is 29.3. The van der Waals surface area contributed by atoms with Crippen molar-refractivity contribution in [3.05, 3.63) is 54.1 Å². The Bertz CT molecular complexity index is 849. The third kappa shape index (κ3) is 6.34. The Morgan fingerprint density at radius 3 is 2.40 bits per heavy atom. The molecule has 0 aliphatic rings. The average Bonchev–Trinajstić information content (AvgIpc) is 3.10. The summed E-state index contributed by atoms with van der Waals surface area (Å²) in [5.41, 5.74) is 1.13. The molecule has 1 N–H and O–H groups in total. The lowest BCUT2D eigenvalue weighted by molar-refractivity contribution is -0.133. The third-order valence-corrected chi connectivity index (χ3v) is 5.15. The Balaban J connectivity index is 2.17. The quantitative estimate of drug-likeness (QED) is 0.655. The molecule has 0 fully saturated rings. The first-order valence-corrected chi connectivity index (χ1v) is 10.4. The fourth-order valence-corrected chi connectivity index (χ4v) is 3.20. The van der Waals surface area contributed by atoms with E-state index in [9.17, 15) is 14.0 Å². The molecule has 0 spiro atoms. The summed E-state index contributed by atoms with van der Waals surface area (Å²) in [7, 11) is 1.95. The van der Waals surface area contributed by atoms with Crippen LogP contribution < -0.4 is 5.32 Å². The normalized spacial score (nSPS) is 12.0. The number of benzene rings is 1. The number of carbonyl (C=O) groups is 2. The highest BCUT2D eigenvalue weighted by atomic mass is 19.1. The van der Waals surface area contributed by atoms with Crippen molar-refractivity contribution >= 4 is 17.6 Å². The number of aromatic nitrogens is 1. The molecule has 2 rings (SSSR count). The summed E-state index contributed by atoms with van der Waals surface area (Å²) in [6.07, 6.45) is 2.63. The minimum atomic E-state index is -0.508. The third-order valence-electron chi connectivity index (χ3n) is 5.15. The predicted octanol–water partition coefficient (Wildman–Crippen LogP) is 4.48. The average molecular weight is 417 g/mol. The highest BCUT2D eigenvalue weighted by Gasteiger charge is 2.26. The summed E-state index contributed by atoms with van der Waals surface area (Å²) in [5, 5.41) is 2.60. The van der Waals surface area contributed by atoms with Gasteiger partial charge in [-0.25, -0.2) is 9.18 Å². The van der Waals surface area contributed by atoms with E-state index in [-0.39, 0.29) is 24.2 Å². The Hall–Kier alpha value is -2.83. The highest BCUT2D eigenvalue weighted by Crippen LogP contribution is 2.16. The first kappa shape index (κ1) is 23.4. The van der Waals surface area contributed by atoms with E-state index in [0.29, 0.717) is 25.4 Å². The molecule has 1 aromatic carbocycles. The van der Waals surface area contributed by atoms with Gasteiger partial charge in [0, 0.05) is 31.5 Å². The molecule has 6 nitrogen and oxygen atoms in total. The molecule has 0 saturated heterocycles. The fourth-order valence-electron chi connectivity index (χ4n) is 3.20. The van der Waals surface area contributed by atoms with Crippen LogP contribution in [-0.4, -0.2) is 45.4 Å². The maximum atomic E-state index is 14.0.